The topological polar surface area (TPSA) is 65.1 Å². The lowest BCUT2D eigenvalue weighted by molar-refractivity contribution is -0.142. The van der Waals surface area contributed by atoms with Crippen LogP contribution in [0.2, 0.25) is 0 Å². The zero-order chi connectivity index (χ0) is 28.4. The van der Waals surface area contributed by atoms with Crippen LogP contribution in [0.3, 0.4) is 0 Å². The maximum atomic E-state index is 14.2. The van der Waals surface area contributed by atoms with Gasteiger partial charge in [-0.3, -0.25) is 9.59 Å². The van der Waals surface area contributed by atoms with Crippen molar-refractivity contribution in [2.45, 2.75) is 78.8 Å². The number of piperidine rings is 1. The van der Waals surface area contributed by atoms with Gasteiger partial charge in [-0.1, -0.05) is 64.8 Å². The molecular weight excluding hydrogens is 488 g/mol. The van der Waals surface area contributed by atoms with Crippen LogP contribution in [0.4, 0.5) is 5.69 Å². The normalized spacial score (nSPS) is 20.5. The van der Waals surface area contributed by atoms with Crippen LogP contribution in [0.1, 0.15) is 65.4 Å². The molecule has 3 rings (SSSR count). The molecule has 0 saturated carbocycles. The van der Waals surface area contributed by atoms with Gasteiger partial charge in [-0.15, -0.1) is 0 Å². The Morgan fingerprint density at radius 3 is 2.49 bits per heavy atom. The van der Waals surface area contributed by atoms with Crippen molar-refractivity contribution in [2.24, 2.45) is 11.8 Å². The fourth-order valence-electron chi connectivity index (χ4n) is 5.85. The first-order chi connectivity index (χ1) is 18.7. The first kappa shape index (κ1) is 31.2. The summed E-state index contributed by atoms with van der Waals surface area (Å²) in [4.78, 5) is 33.7. The predicted molar refractivity (Wildman–Crippen MR) is 160 cm³/mol. The fourth-order valence-corrected chi connectivity index (χ4v) is 5.85. The lowest BCUT2D eigenvalue weighted by Gasteiger charge is -2.41. The maximum Gasteiger partial charge on any atom is 0.251 e. The summed E-state index contributed by atoms with van der Waals surface area (Å²) >= 11 is 0. The van der Waals surface area contributed by atoms with Gasteiger partial charge in [0.1, 0.15) is 0 Å². The average Bonchev–Trinajstić information content (AvgIpc) is 2.95. The van der Waals surface area contributed by atoms with Gasteiger partial charge in [-0.05, 0) is 44.2 Å². The lowest BCUT2D eigenvalue weighted by Crippen LogP contribution is -2.56. The van der Waals surface area contributed by atoms with Gasteiger partial charge in [0.15, 0.2) is 0 Å². The minimum Gasteiger partial charge on any atom is -0.378 e. The largest absolute Gasteiger partial charge is 0.378 e. The molecule has 39 heavy (non-hydrogen) atoms. The zero-order valence-electron chi connectivity index (χ0n) is 25.1. The van der Waals surface area contributed by atoms with Crippen molar-refractivity contribution in [2.75, 3.05) is 57.4 Å². The van der Waals surface area contributed by atoms with Gasteiger partial charge >= 0.3 is 0 Å². The minimum absolute atomic E-state index is 0.00890. The minimum atomic E-state index is -0.128. The molecule has 1 aromatic carbocycles. The number of unbranched alkanes of at least 4 members (excludes halogenated alkanes) is 3. The van der Waals surface area contributed by atoms with Crippen molar-refractivity contribution >= 4 is 17.5 Å². The van der Waals surface area contributed by atoms with Crippen LogP contribution >= 0.6 is 0 Å². The van der Waals surface area contributed by atoms with Gasteiger partial charge < -0.3 is 24.8 Å². The predicted octanol–water partition coefficient (Wildman–Crippen LogP) is 4.65. The van der Waals surface area contributed by atoms with Gasteiger partial charge in [-0.25, -0.2) is 0 Å². The van der Waals surface area contributed by atoms with Gasteiger partial charge in [0.25, 0.3) is 5.91 Å². The molecule has 2 fully saturated rings. The number of para-hydroxylation sites is 1. The smallest absolute Gasteiger partial charge is 0.251 e. The van der Waals surface area contributed by atoms with Crippen molar-refractivity contribution in [3.8, 4) is 0 Å². The van der Waals surface area contributed by atoms with Crippen molar-refractivity contribution in [3.63, 3.8) is 0 Å². The van der Waals surface area contributed by atoms with Gasteiger partial charge in [0.05, 0.1) is 25.2 Å². The molecule has 0 bridgehead atoms. The number of ether oxygens (including phenoxy) is 1. The third-order valence-corrected chi connectivity index (χ3v) is 8.19. The molecule has 0 aliphatic carbocycles. The van der Waals surface area contributed by atoms with Crippen LogP contribution in [-0.4, -0.2) is 86.2 Å². The van der Waals surface area contributed by atoms with E-state index in [1.54, 1.807) is 0 Å². The number of nitrogens with zero attached hydrogens (tertiary/aromatic N) is 3. The molecular formula is C32H52N4O3. The number of hydrogen-bond donors (Lipinski definition) is 1. The third kappa shape index (κ3) is 8.55. The number of aryl methyl sites for hydroxylation is 1. The summed E-state index contributed by atoms with van der Waals surface area (Å²) in [5, 5.41) is 3.46. The van der Waals surface area contributed by atoms with Crippen LogP contribution in [0, 0.1) is 18.8 Å². The van der Waals surface area contributed by atoms with Crippen molar-refractivity contribution < 1.29 is 14.3 Å². The van der Waals surface area contributed by atoms with E-state index in [0.29, 0.717) is 63.8 Å². The molecule has 1 aromatic rings. The summed E-state index contributed by atoms with van der Waals surface area (Å²) in [6.07, 6.45) is 5.36. The fraction of sp³-hybridized carbons (Fsp3) is 0.688. The van der Waals surface area contributed by atoms with Crippen LogP contribution in [0.15, 0.2) is 36.4 Å². The van der Waals surface area contributed by atoms with E-state index in [-0.39, 0.29) is 29.8 Å². The van der Waals surface area contributed by atoms with Crippen molar-refractivity contribution in [3.05, 3.63) is 42.0 Å². The maximum absolute atomic E-state index is 14.2. The van der Waals surface area contributed by atoms with E-state index in [1.807, 2.05) is 9.80 Å². The van der Waals surface area contributed by atoms with E-state index in [1.165, 1.54) is 30.5 Å². The molecule has 1 N–H and O–H groups in total. The molecule has 7 nitrogen and oxygen atoms in total. The molecule has 2 saturated heterocycles. The van der Waals surface area contributed by atoms with Crippen molar-refractivity contribution in [1.29, 1.82) is 0 Å². The quantitative estimate of drug-likeness (QED) is 0.292. The Kier molecular flexibility index (Phi) is 12.3. The molecule has 2 aliphatic rings. The number of hydrogen-bond acceptors (Lipinski definition) is 5. The van der Waals surface area contributed by atoms with E-state index < -0.39 is 0 Å². The highest BCUT2D eigenvalue weighted by Crippen LogP contribution is 2.27. The number of rotatable bonds is 13. The number of carbonyl (C=O) groups excluding carboxylic acids is 2. The Morgan fingerprint density at radius 1 is 1.10 bits per heavy atom. The van der Waals surface area contributed by atoms with Gasteiger partial charge in [-0.2, -0.15) is 0 Å². The summed E-state index contributed by atoms with van der Waals surface area (Å²) in [6.45, 7) is 20.5. The molecule has 0 radical (unpaired) electrons. The highest BCUT2D eigenvalue weighted by atomic mass is 16.5. The zero-order valence-corrected chi connectivity index (χ0v) is 25.1. The second-order valence-electron chi connectivity index (χ2n) is 11.8. The Hall–Kier alpha value is -2.38. The highest BCUT2D eigenvalue weighted by molar-refractivity contribution is 5.95. The highest BCUT2D eigenvalue weighted by Gasteiger charge is 2.37. The number of anilines is 1. The Bertz CT molecular complexity index is 943. The first-order valence-corrected chi connectivity index (χ1v) is 15.1. The lowest BCUT2D eigenvalue weighted by atomic mass is 9.91. The van der Waals surface area contributed by atoms with Gasteiger partial charge in [0, 0.05) is 56.6 Å². The number of benzene rings is 1. The standard InChI is InChI=1S/C32H52N4O3/c1-7-8-9-12-15-35(30-14-11-10-13-25(30)4)27(6)26(5)31(37)36(23-24(2)3)29-20-28(21-33-22-29)32(38)34-16-18-39-19-17-34/h10-11,13-14,24,27-29,33H,5,7-9,12,15-23H2,1-4,6H3/t27-,28?,29-/m0/s1. The molecule has 2 amide bonds. The van der Waals surface area contributed by atoms with E-state index in [9.17, 15) is 9.59 Å². The second-order valence-corrected chi connectivity index (χ2v) is 11.8. The van der Waals surface area contributed by atoms with Crippen molar-refractivity contribution in [1.82, 2.24) is 15.1 Å². The summed E-state index contributed by atoms with van der Waals surface area (Å²) < 4.78 is 5.44. The van der Waals surface area contributed by atoms with E-state index in [2.05, 4.69) is 75.7 Å². The molecule has 3 atom stereocenters. The van der Waals surface area contributed by atoms with Crippen LogP contribution in [0.25, 0.3) is 0 Å². The number of carbonyl (C=O) groups is 2. The number of morpholine rings is 1. The average molecular weight is 541 g/mol. The summed E-state index contributed by atoms with van der Waals surface area (Å²) in [7, 11) is 0. The van der Waals surface area contributed by atoms with Crippen LogP contribution in [0.5, 0.6) is 0 Å². The summed E-state index contributed by atoms with van der Waals surface area (Å²) in [6, 6.07) is 8.26. The monoisotopic (exact) mass is 540 g/mol. The molecule has 2 aliphatic heterocycles. The summed E-state index contributed by atoms with van der Waals surface area (Å²) in [5.74, 6) is 0.373. The van der Waals surface area contributed by atoms with E-state index in [0.717, 1.165) is 13.0 Å². The number of nitrogens with one attached hydrogen (secondary N) is 1. The molecule has 7 heteroatoms. The van der Waals surface area contributed by atoms with E-state index >= 15 is 0 Å². The van der Waals surface area contributed by atoms with Crippen LogP contribution in [-0.2, 0) is 14.3 Å². The summed E-state index contributed by atoms with van der Waals surface area (Å²) in [5.41, 5.74) is 3.00. The molecule has 0 aromatic heterocycles. The SMILES string of the molecule is C=C(C(=O)N(CC(C)C)[C@@H]1CNCC(C(=O)N2CCOCC2)C1)[C@H](C)N(CCCCCC)c1ccccc1C. The Labute approximate surface area is 236 Å². The second kappa shape index (κ2) is 15.4. The molecule has 218 valence electrons. The Morgan fingerprint density at radius 2 is 1.82 bits per heavy atom. The number of amides is 2. The molecule has 0 spiro atoms. The third-order valence-electron chi connectivity index (χ3n) is 8.19. The molecule has 2 heterocycles. The van der Waals surface area contributed by atoms with Crippen LogP contribution < -0.4 is 10.2 Å². The molecule has 1 unspecified atom stereocenters. The Balaban J connectivity index is 1.77. The van der Waals surface area contributed by atoms with E-state index in [4.69, 9.17) is 4.74 Å². The van der Waals surface area contributed by atoms with Gasteiger partial charge in [0.2, 0.25) is 5.91 Å². The first-order valence-electron chi connectivity index (χ1n) is 15.1.